The fourth-order valence-electron chi connectivity index (χ4n) is 1.23. The second kappa shape index (κ2) is 16.0. The zero-order valence-electron chi connectivity index (χ0n) is 12.0. The second-order valence-corrected chi connectivity index (χ2v) is 3.51. The largest absolute Gasteiger partial charge is 2.00 e. The number of hydrogen-bond donors (Lipinski definition) is 0. The van der Waals surface area contributed by atoms with Crippen LogP contribution >= 0.6 is 0 Å². The van der Waals surface area contributed by atoms with Crippen molar-refractivity contribution in [1.29, 1.82) is 0 Å². The van der Waals surface area contributed by atoms with Crippen LogP contribution in [0.4, 0.5) is 4.79 Å². The average Bonchev–Trinajstić information content (AvgIpc) is 2.21. The molecule has 0 heterocycles. The molecule has 0 aliphatic rings. The molecule has 0 aliphatic carbocycles. The van der Waals surface area contributed by atoms with Gasteiger partial charge in [-0.3, -0.25) is 4.90 Å². The van der Waals surface area contributed by atoms with Crippen LogP contribution in [-0.2, 0) is 31.5 Å². The zero-order chi connectivity index (χ0) is 15.0. The molecule has 0 aromatic heterocycles. The summed E-state index contributed by atoms with van der Waals surface area (Å²) in [7, 11) is 0. The van der Waals surface area contributed by atoms with Crippen molar-refractivity contribution in [1.82, 2.24) is 9.80 Å². The van der Waals surface area contributed by atoms with Crippen molar-refractivity contribution in [3.8, 4) is 0 Å². The molecule has 0 aromatic rings. The summed E-state index contributed by atoms with van der Waals surface area (Å²) in [5.74, 6) is -4.81. The van der Waals surface area contributed by atoms with Crippen LogP contribution in [0.15, 0.2) is 0 Å². The zero-order valence-corrected chi connectivity index (χ0v) is 16.9. The van der Waals surface area contributed by atoms with Gasteiger partial charge in [-0.1, -0.05) is 0 Å². The van der Waals surface area contributed by atoms with Crippen LogP contribution in [0, 0.1) is 0 Å². The Morgan fingerprint density at radius 3 is 1.32 bits per heavy atom. The molecule has 0 unspecified atom stereocenters. The van der Waals surface area contributed by atoms with Crippen molar-refractivity contribution in [2.75, 3.05) is 32.7 Å². The van der Waals surface area contributed by atoms with Crippen LogP contribution in [0.1, 0.15) is 0 Å². The standard InChI is InChI=1S/C9H14N2O8.Cu.2Na/c12-6(13)3-10(4-7(14)15)1-2-11(9(18)19)5-8(16)17;;;/h1-5H2,(H,12,13)(H,14,15)(H,16,17)(H,18,19);;;/q;+2;2*+1/p-4. The molecule has 0 spiro atoms. The topological polar surface area (TPSA) is 167 Å². The maximum atomic E-state index is 10.5. The van der Waals surface area contributed by atoms with Gasteiger partial charge in [0, 0.05) is 26.2 Å². The van der Waals surface area contributed by atoms with Crippen molar-refractivity contribution in [3.63, 3.8) is 0 Å². The van der Waals surface area contributed by atoms with Gasteiger partial charge in [0.25, 0.3) is 0 Å². The number of carboxylic acid groups (broad SMARTS) is 4. The van der Waals surface area contributed by atoms with E-state index in [1.54, 1.807) is 0 Å². The smallest absolute Gasteiger partial charge is 0.549 e. The molecular weight excluding hydrogens is 374 g/mol. The molecule has 13 heteroatoms. The molecule has 1 radical (unpaired) electrons. The first-order chi connectivity index (χ1) is 8.72. The fraction of sp³-hybridized carbons (Fsp3) is 0.556. The summed E-state index contributed by atoms with van der Waals surface area (Å²) < 4.78 is 0. The van der Waals surface area contributed by atoms with E-state index in [1.165, 1.54) is 0 Å². The van der Waals surface area contributed by atoms with Crippen LogP contribution in [0.2, 0.25) is 0 Å². The van der Waals surface area contributed by atoms with Crippen LogP contribution in [0.25, 0.3) is 0 Å². The Morgan fingerprint density at radius 1 is 0.682 bits per heavy atom. The van der Waals surface area contributed by atoms with Crippen molar-refractivity contribution in [2.24, 2.45) is 0 Å². The Kier molecular flexibility index (Phi) is 21.9. The first-order valence-corrected chi connectivity index (χ1v) is 5.00. The van der Waals surface area contributed by atoms with Gasteiger partial charge in [0.15, 0.2) is 0 Å². The van der Waals surface area contributed by atoms with Crippen LogP contribution < -0.4 is 79.5 Å². The van der Waals surface area contributed by atoms with Crippen molar-refractivity contribution >= 4 is 24.0 Å². The quantitative estimate of drug-likeness (QED) is 0.351. The first-order valence-electron chi connectivity index (χ1n) is 5.00. The average molecular weight is 384 g/mol. The van der Waals surface area contributed by atoms with Crippen molar-refractivity contribution < 1.29 is 116 Å². The van der Waals surface area contributed by atoms with Gasteiger partial charge in [0.2, 0.25) is 0 Å². The number of nitrogens with zero attached hydrogens (tertiary/aromatic N) is 2. The van der Waals surface area contributed by atoms with E-state index >= 15 is 0 Å². The molecule has 0 saturated heterocycles. The van der Waals surface area contributed by atoms with E-state index in [4.69, 9.17) is 0 Å². The predicted molar refractivity (Wildman–Crippen MR) is 48.4 cm³/mol. The third-order valence-corrected chi connectivity index (χ3v) is 1.97. The maximum absolute atomic E-state index is 10.5. The monoisotopic (exact) mass is 383 g/mol. The Morgan fingerprint density at radius 2 is 1.05 bits per heavy atom. The maximum Gasteiger partial charge on any atom is 2.00 e. The summed E-state index contributed by atoms with van der Waals surface area (Å²) in [5, 5.41) is 41.5. The number of carbonyl (C=O) groups excluding carboxylic acids is 4. The van der Waals surface area contributed by atoms with Crippen LogP contribution in [0.5, 0.6) is 0 Å². The van der Waals surface area contributed by atoms with Crippen LogP contribution in [0.3, 0.4) is 0 Å². The summed E-state index contributed by atoms with van der Waals surface area (Å²) in [6.07, 6.45) is -1.80. The molecule has 0 saturated carbocycles. The van der Waals surface area contributed by atoms with E-state index in [0.717, 1.165) is 4.90 Å². The predicted octanol–water partition coefficient (Wildman–Crippen LogP) is -12.8. The van der Waals surface area contributed by atoms with Crippen molar-refractivity contribution in [2.45, 2.75) is 0 Å². The molecule has 0 rings (SSSR count). The number of amides is 1. The van der Waals surface area contributed by atoms with E-state index in [2.05, 4.69) is 0 Å². The molecule has 0 fully saturated rings. The van der Waals surface area contributed by atoms with E-state index < -0.39 is 50.2 Å². The van der Waals surface area contributed by atoms with Gasteiger partial charge >= 0.3 is 76.2 Å². The number of rotatable bonds is 9. The minimum Gasteiger partial charge on any atom is -0.549 e. The molecule has 0 N–H and O–H groups in total. The van der Waals surface area contributed by atoms with Gasteiger partial charge in [-0.25, -0.2) is 0 Å². The minimum absolute atomic E-state index is 0. The molecule has 0 aliphatic heterocycles. The number of carboxylic acids is 3. The second-order valence-electron chi connectivity index (χ2n) is 3.51. The molecular formula is C9H10CuN2Na2O8. The fourth-order valence-corrected chi connectivity index (χ4v) is 1.23. The third kappa shape index (κ3) is 16.5. The van der Waals surface area contributed by atoms with Gasteiger partial charge in [-0.15, -0.1) is 0 Å². The normalized spacial score (nSPS) is 8.77. The summed E-state index contributed by atoms with van der Waals surface area (Å²) in [6, 6.07) is 0. The van der Waals surface area contributed by atoms with Crippen molar-refractivity contribution in [3.05, 3.63) is 0 Å². The third-order valence-electron chi connectivity index (χ3n) is 1.97. The minimum atomic E-state index is -1.80. The van der Waals surface area contributed by atoms with Gasteiger partial charge in [-0.05, 0) is 0 Å². The first kappa shape index (κ1) is 30.1. The Labute approximate surface area is 180 Å². The van der Waals surface area contributed by atoms with Gasteiger partial charge in [0.1, 0.15) is 6.09 Å². The number of carbonyl (C=O) groups is 4. The Bertz CT molecular complexity index is 369. The molecule has 0 atom stereocenters. The Hall–Kier alpha value is 0.159. The van der Waals surface area contributed by atoms with Gasteiger partial charge in [0.05, 0.1) is 24.5 Å². The molecule has 0 aromatic carbocycles. The number of aliphatic carboxylic acids is 3. The van der Waals surface area contributed by atoms with E-state index in [0.29, 0.717) is 4.90 Å². The van der Waals surface area contributed by atoms with Gasteiger partial charge in [-0.2, -0.15) is 0 Å². The molecule has 117 valence electrons. The molecule has 0 bridgehead atoms. The Balaban J connectivity index is -0.000000540. The molecule has 1 amide bonds. The van der Waals surface area contributed by atoms with E-state index in [9.17, 15) is 39.6 Å². The molecule has 22 heavy (non-hydrogen) atoms. The number of hydrogen-bond acceptors (Lipinski definition) is 9. The molecule has 10 nitrogen and oxygen atoms in total. The van der Waals surface area contributed by atoms with E-state index in [1.807, 2.05) is 0 Å². The van der Waals surface area contributed by atoms with Crippen LogP contribution in [-0.4, -0.2) is 66.5 Å². The summed E-state index contributed by atoms with van der Waals surface area (Å²) in [6.45, 7) is -3.30. The van der Waals surface area contributed by atoms with Gasteiger partial charge < -0.3 is 44.5 Å². The SMILES string of the molecule is O=C([O-])CN(CCN(CC(=O)[O-])C(=O)[O-])CC(=O)[O-].[Cu+2].[Na+].[Na+]. The van der Waals surface area contributed by atoms with E-state index in [-0.39, 0.29) is 82.7 Å². The summed E-state index contributed by atoms with van der Waals surface area (Å²) >= 11 is 0. The summed E-state index contributed by atoms with van der Waals surface area (Å²) in [5.41, 5.74) is 0. The summed E-state index contributed by atoms with van der Waals surface area (Å²) in [4.78, 5) is 42.6.